The number of nitrogens with one attached hydrogen (secondary N) is 1. The summed E-state index contributed by atoms with van der Waals surface area (Å²) >= 11 is 0. The van der Waals surface area contributed by atoms with Gasteiger partial charge in [0.15, 0.2) is 0 Å². The van der Waals surface area contributed by atoms with Crippen molar-refractivity contribution >= 4 is 5.69 Å². The van der Waals surface area contributed by atoms with Gasteiger partial charge >= 0.3 is 0 Å². The molecule has 2 aromatic rings. The van der Waals surface area contributed by atoms with Crippen LogP contribution in [-0.4, -0.2) is 0 Å². The second-order valence-electron chi connectivity index (χ2n) is 5.59. The molecule has 0 aliphatic rings. The highest BCUT2D eigenvalue weighted by Gasteiger charge is 2.14. The van der Waals surface area contributed by atoms with Gasteiger partial charge in [-0.2, -0.15) is 0 Å². The summed E-state index contributed by atoms with van der Waals surface area (Å²) in [6.45, 7) is 4.32. The topological polar surface area (TPSA) is 64.1 Å². The first-order valence-electron chi connectivity index (χ1n) is 7.11. The van der Waals surface area contributed by atoms with E-state index in [2.05, 4.69) is 43.5 Å². The maximum absolute atomic E-state index is 13.4. The van der Waals surface area contributed by atoms with Crippen molar-refractivity contribution in [1.82, 2.24) is 5.43 Å². The predicted octanol–water partition coefficient (Wildman–Crippen LogP) is 3.28. The zero-order valence-electron chi connectivity index (χ0n) is 12.4. The standard InChI is InChI=1S/C17H22FN3/c1-11(2)13-5-3-12(4-6-13)9-17(21-20)15-10-14(18)7-8-16(15)19/h3-8,10-11,17,21H,9,19-20H2,1-2H3. The summed E-state index contributed by atoms with van der Waals surface area (Å²) in [6, 6.07) is 12.5. The molecule has 0 radical (unpaired) electrons. The summed E-state index contributed by atoms with van der Waals surface area (Å²) in [5.41, 5.74) is 12.3. The van der Waals surface area contributed by atoms with Gasteiger partial charge in [0.25, 0.3) is 0 Å². The first-order valence-corrected chi connectivity index (χ1v) is 7.11. The van der Waals surface area contributed by atoms with Crippen molar-refractivity contribution in [3.05, 3.63) is 65.0 Å². The van der Waals surface area contributed by atoms with Gasteiger partial charge in [-0.05, 0) is 47.2 Å². The van der Waals surface area contributed by atoms with Crippen molar-refractivity contribution in [2.75, 3.05) is 5.73 Å². The molecule has 2 rings (SSSR count). The fraction of sp³-hybridized carbons (Fsp3) is 0.294. The second kappa shape index (κ2) is 6.70. The first-order chi connectivity index (χ1) is 10.0. The SMILES string of the molecule is CC(C)c1ccc(CC(NN)c2cc(F)ccc2N)cc1. The van der Waals surface area contributed by atoms with Crippen LogP contribution >= 0.6 is 0 Å². The lowest BCUT2D eigenvalue weighted by Gasteiger charge is -2.19. The van der Waals surface area contributed by atoms with Crippen LogP contribution in [0.25, 0.3) is 0 Å². The zero-order valence-corrected chi connectivity index (χ0v) is 12.4. The summed E-state index contributed by atoms with van der Waals surface area (Å²) in [5, 5.41) is 0. The molecule has 0 amide bonds. The number of nitrogens with two attached hydrogens (primary N) is 2. The number of hydrazine groups is 1. The van der Waals surface area contributed by atoms with E-state index in [0.717, 1.165) is 5.56 Å². The van der Waals surface area contributed by atoms with Gasteiger partial charge in [0.05, 0.1) is 6.04 Å². The number of benzene rings is 2. The monoisotopic (exact) mass is 287 g/mol. The molecule has 0 spiro atoms. The molecule has 5 N–H and O–H groups in total. The van der Waals surface area contributed by atoms with Crippen LogP contribution in [0.4, 0.5) is 10.1 Å². The van der Waals surface area contributed by atoms with Crippen molar-refractivity contribution in [2.45, 2.75) is 32.2 Å². The zero-order chi connectivity index (χ0) is 15.4. The molecule has 0 bridgehead atoms. The van der Waals surface area contributed by atoms with Crippen molar-refractivity contribution in [2.24, 2.45) is 5.84 Å². The Labute approximate surface area is 125 Å². The van der Waals surface area contributed by atoms with E-state index in [1.807, 2.05) is 0 Å². The van der Waals surface area contributed by atoms with Gasteiger partial charge in [-0.1, -0.05) is 38.1 Å². The Kier molecular flexibility index (Phi) is 4.94. The van der Waals surface area contributed by atoms with Crippen molar-refractivity contribution in [1.29, 1.82) is 0 Å². The van der Waals surface area contributed by atoms with Gasteiger partial charge in [-0.15, -0.1) is 0 Å². The molecule has 1 unspecified atom stereocenters. The van der Waals surface area contributed by atoms with E-state index in [9.17, 15) is 4.39 Å². The van der Waals surface area contributed by atoms with Crippen LogP contribution in [0, 0.1) is 5.82 Å². The van der Waals surface area contributed by atoms with E-state index >= 15 is 0 Å². The van der Waals surface area contributed by atoms with Gasteiger partial charge in [-0.25, -0.2) is 4.39 Å². The molecule has 0 fully saturated rings. The van der Waals surface area contributed by atoms with Gasteiger partial charge < -0.3 is 5.73 Å². The lowest BCUT2D eigenvalue weighted by atomic mass is 9.95. The van der Waals surface area contributed by atoms with Gasteiger partial charge in [0, 0.05) is 5.69 Å². The molecule has 0 aliphatic carbocycles. The Balaban J connectivity index is 2.20. The lowest BCUT2D eigenvalue weighted by Crippen LogP contribution is -2.30. The fourth-order valence-electron chi connectivity index (χ4n) is 2.38. The Hall–Kier alpha value is -1.91. The number of hydrogen-bond acceptors (Lipinski definition) is 3. The largest absolute Gasteiger partial charge is 0.398 e. The highest BCUT2D eigenvalue weighted by atomic mass is 19.1. The fourth-order valence-corrected chi connectivity index (χ4v) is 2.38. The Morgan fingerprint density at radius 1 is 1.10 bits per heavy atom. The van der Waals surface area contributed by atoms with Crippen LogP contribution in [-0.2, 0) is 6.42 Å². The normalized spacial score (nSPS) is 12.6. The molecule has 21 heavy (non-hydrogen) atoms. The summed E-state index contributed by atoms with van der Waals surface area (Å²) in [6.07, 6.45) is 0.655. The van der Waals surface area contributed by atoms with E-state index in [1.54, 1.807) is 6.07 Å². The summed E-state index contributed by atoms with van der Waals surface area (Å²) < 4.78 is 13.4. The second-order valence-corrected chi connectivity index (χ2v) is 5.59. The molecule has 2 aromatic carbocycles. The van der Waals surface area contributed by atoms with Crippen LogP contribution in [0.3, 0.4) is 0 Å². The smallest absolute Gasteiger partial charge is 0.123 e. The van der Waals surface area contributed by atoms with E-state index in [-0.39, 0.29) is 11.9 Å². The predicted molar refractivity (Wildman–Crippen MR) is 85.1 cm³/mol. The highest BCUT2D eigenvalue weighted by Crippen LogP contribution is 2.25. The van der Waals surface area contributed by atoms with Crippen LogP contribution in [0.1, 0.15) is 42.5 Å². The summed E-state index contributed by atoms with van der Waals surface area (Å²) in [4.78, 5) is 0. The summed E-state index contributed by atoms with van der Waals surface area (Å²) in [7, 11) is 0. The molecule has 112 valence electrons. The van der Waals surface area contributed by atoms with Crippen LogP contribution in [0.5, 0.6) is 0 Å². The van der Waals surface area contributed by atoms with Crippen LogP contribution in [0.2, 0.25) is 0 Å². The minimum absolute atomic E-state index is 0.217. The number of nitrogen functional groups attached to an aromatic ring is 1. The molecule has 0 saturated heterocycles. The molecule has 1 atom stereocenters. The maximum atomic E-state index is 13.4. The highest BCUT2D eigenvalue weighted by molar-refractivity contribution is 5.49. The van der Waals surface area contributed by atoms with Crippen molar-refractivity contribution < 1.29 is 4.39 Å². The van der Waals surface area contributed by atoms with Crippen molar-refractivity contribution in [3.63, 3.8) is 0 Å². The van der Waals surface area contributed by atoms with E-state index in [1.165, 1.54) is 17.7 Å². The average Bonchev–Trinajstić information content (AvgIpc) is 2.48. The molecule has 0 saturated carbocycles. The number of anilines is 1. The van der Waals surface area contributed by atoms with E-state index in [4.69, 9.17) is 11.6 Å². The van der Waals surface area contributed by atoms with Crippen LogP contribution in [0.15, 0.2) is 42.5 Å². The lowest BCUT2D eigenvalue weighted by molar-refractivity contribution is 0.546. The molecule has 0 aliphatic heterocycles. The number of halogens is 1. The number of hydrogen-bond donors (Lipinski definition) is 3. The molecule has 4 heteroatoms. The van der Waals surface area contributed by atoms with E-state index < -0.39 is 0 Å². The third-order valence-electron chi connectivity index (χ3n) is 3.71. The van der Waals surface area contributed by atoms with Gasteiger partial charge in [-0.3, -0.25) is 11.3 Å². The molecular weight excluding hydrogens is 265 g/mol. The first kappa shape index (κ1) is 15.5. The number of rotatable bonds is 5. The molecule has 0 aromatic heterocycles. The molecule has 0 heterocycles. The van der Waals surface area contributed by atoms with E-state index in [0.29, 0.717) is 23.6 Å². The van der Waals surface area contributed by atoms with Crippen molar-refractivity contribution in [3.8, 4) is 0 Å². The average molecular weight is 287 g/mol. The Morgan fingerprint density at radius 3 is 2.33 bits per heavy atom. The minimum Gasteiger partial charge on any atom is -0.398 e. The maximum Gasteiger partial charge on any atom is 0.123 e. The van der Waals surface area contributed by atoms with Gasteiger partial charge in [0.1, 0.15) is 5.82 Å². The quantitative estimate of drug-likeness (QED) is 0.449. The summed E-state index contributed by atoms with van der Waals surface area (Å²) in [5.74, 6) is 5.81. The Bertz CT molecular complexity index is 593. The molecule has 3 nitrogen and oxygen atoms in total. The molecular formula is C17H22FN3. The van der Waals surface area contributed by atoms with Gasteiger partial charge in [0.2, 0.25) is 0 Å². The Morgan fingerprint density at radius 2 is 1.76 bits per heavy atom. The minimum atomic E-state index is -0.311. The third kappa shape index (κ3) is 3.80. The van der Waals surface area contributed by atoms with Crippen LogP contribution < -0.4 is 17.0 Å². The third-order valence-corrected chi connectivity index (χ3v) is 3.71.